The average Bonchev–Trinajstić information content (AvgIpc) is 2.68. The molecule has 6 N–H and O–H groups in total. The topological polar surface area (TPSA) is 132 Å². The van der Waals surface area contributed by atoms with E-state index in [9.17, 15) is 9.59 Å². The van der Waals surface area contributed by atoms with Gasteiger partial charge in [0.2, 0.25) is 5.91 Å². The van der Waals surface area contributed by atoms with Gasteiger partial charge in [-0.3, -0.25) is 9.59 Å². The van der Waals surface area contributed by atoms with Gasteiger partial charge in [0.1, 0.15) is 10.7 Å². The van der Waals surface area contributed by atoms with Crippen LogP contribution in [0.3, 0.4) is 0 Å². The predicted molar refractivity (Wildman–Crippen MR) is 82.2 cm³/mol. The van der Waals surface area contributed by atoms with Crippen LogP contribution < -0.4 is 22.1 Å². The fourth-order valence-electron chi connectivity index (χ4n) is 1.67. The van der Waals surface area contributed by atoms with Crippen molar-refractivity contribution in [1.29, 1.82) is 0 Å². The molecule has 2 amide bonds. The number of hydrogen-bond acceptors (Lipinski definition) is 7. The fourth-order valence-corrected chi connectivity index (χ4v) is 2.48. The quantitative estimate of drug-likeness (QED) is 0.505. The maximum absolute atomic E-state index is 12.2. The number of carbonyl (C=O) groups excluding carboxylic acids is 2. The molecule has 0 fully saturated rings. The standard InChI is InChI=1S/C12H21N5O3S/c1-12(2,6-7(13)18)17-10(19)8-9(14)16-11(21-8)15-4-5-20-3/h4-6,14H2,1-3H3,(H2,13,18)(H,15,16)(H,17,19). The molecule has 0 atom stereocenters. The Labute approximate surface area is 127 Å². The van der Waals surface area contributed by atoms with Crippen LogP contribution in [-0.4, -0.2) is 42.6 Å². The molecule has 0 aliphatic heterocycles. The van der Waals surface area contributed by atoms with E-state index in [0.717, 1.165) is 11.3 Å². The van der Waals surface area contributed by atoms with Gasteiger partial charge in [0, 0.05) is 25.6 Å². The molecule has 1 aromatic rings. The summed E-state index contributed by atoms with van der Waals surface area (Å²) in [4.78, 5) is 27.5. The van der Waals surface area contributed by atoms with Gasteiger partial charge in [-0.05, 0) is 13.8 Å². The number of methoxy groups -OCH3 is 1. The minimum atomic E-state index is -0.747. The summed E-state index contributed by atoms with van der Waals surface area (Å²) >= 11 is 1.15. The number of primary amides is 1. The van der Waals surface area contributed by atoms with E-state index in [4.69, 9.17) is 16.2 Å². The van der Waals surface area contributed by atoms with E-state index in [0.29, 0.717) is 23.2 Å². The third kappa shape index (κ3) is 5.56. The largest absolute Gasteiger partial charge is 0.383 e. The molecule has 0 spiro atoms. The summed E-state index contributed by atoms with van der Waals surface area (Å²) in [6, 6.07) is 0. The number of aromatic nitrogens is 1. The number of hydrogen-bond donors (Lipinski definition) is 4. The van der Waals surface area contributed by atoms with Crippen molar-refractivity contribution in [2.45, 2.75) is 25.8 Å². The lowest BCUT2D eigenvalue weighted by molar-refractivity contribution is -0.119. The van der Waals surface area contributed by atoms with Crippen molar-refractivity contribution >= 4 is 34.1 Å². The van der Waals surface area contributed by atoms with Gasteiger partial charge < -0.3 is 26.8 Å². The van der Waals surface area contributed by atoms with E-state index in [1.54, 1.807) is 21.0 Å². The van der Waals surface area contributed by atoms with Gasteiger partial charge in [-0.15, -0.1) is 0 Å². The molecule has 0 saturated carbocycles. The van der Waals surface area contributed by atoms with Crippen molar-refractivity contribution in [3.8, 4) is 0 Å². The zero-order valence-electron chi connectivity index (χ0n) is 12.4. The zero-order chi connectivity index (χ0) is 16.0. The van der Waals surface area contributed by atoms with E-state index < -0.39 is 11.4 Å². The Hall–Kier alpha value is -1.87. The number of rotatable bonds is 8. The monoisotopic (exact) mass is 315 g/mol. The van der Waals surface area contributed by atoms with E-state index in [2.05, 4.69) is 15.6 Å². The van der Waals surface area contributed by atoms with Crippen LogP contribution in [0.4, 0.5) is 10.9 Å². The molecule has 9 heteroatoms. The van der Waals surface area contributed by atoms with Gasteiger partial charge in [0.05, 0.1) is 6.61 Å². The maximum Gasteiger partial charge on any atom is 0.265 e. The van der Waals surface area contributed by atoms with Crippen LogP contribution in [0.5, 0.6) is 0 Å². The molecule has 0 aliphatic rings. The summed E-state index contributed by atoms with van der Waals surface area (Å²) in [6.45, 7) is 4.51. The van der Waals surface area contributed by atoms with Crippen molar-refractivity contribution < 1.29 is 14.3 Å². The summed E-state index contributed by atoms with van der Waals surface area (Å²) < 4.78 is 4.91. The van der Waals surface area contributed by atoms with Gasteiger partial charge in [-0.2, -0.15) is 0 Å². The van der Waals surface area contributed by atoms with Gasteiger partial charge in [0.15, 0.2) is 5.13 Å². The molecular formula is C12H21N5O3S. The lowest BCUT2D eigenvalue weighted by Crippen LogP contribution is -2.45. The first-order chi connectivity index (χ1) is 9.75. The molecule has 118 valence electrons. The van der Waals surface area contributed by atoms with Crippen molar-refractivity contribution in [3.05, 3.63) is 4.88 Å². The molecular weight excluding hydrogens is 294 g/mol. The number of thiazole rings is 1. The van der Waals surface area contributed by atoms with Crippen molar-refractivity contribution in [3.63, 3.8) is 0 Å². The number of anilines is 2. The lowest BCUT2D eigenvalue weighted by Gasteiger charge is -2.24. The molecule has 0 aliphatic carbocycles. The van der Waals surface area contributed by atoms with Crippen LogP contribution in [0.2, 0.25) is 0 Å². The number of nitrogens with zero attached hydrogens (tertiary/aromatic N) is 1. The highest BCUT2D eigenvalue weighted by atomic mass is 32.1. The highest BCUT2D eigenvalue weighted by Gasteiger charge is 2.26. The Kier molecular flexibility index (Phi) is 5.91. The Morgan fingerprint density at radius 2 is 2.10 bits per heavy atom. The number of amides is 2. The van der Waals surface area contributed by atoms with Crippen LogP contribution in [0.15, 0.2) is 0 Å². The van der Waals surface area contributed by atoms with Crippen LogP contribution in [0, 0.1) is 0 Å². The second-order valence-electron chi connectivity index (χ2n) is 5.13. The Morgan fingerprint density at radius 1 is 1.43 bits per heavy atom. The number of nitrogens with two attached hydrogens (primary N) is 2. The zero-order valence-corrected chi connectivity index (χ0v) is 13.2. The third-order valence-electron chi connectivity index (χ3n) is 2.51. The highest BCUT2D eigenvalue weighted by molar-refractivity contribution is 7.18. The Bertz CT molecular complexity index is 515. The Morgan fingerprint density at radius 3 is 2.67 bits per heavy atom. The first-order valence-electron chi connectivity index (χ1n) is 6.35. The number of nitrogens with one attached hydrogen (secondary N) is 2. The Balaban J connectivity index is 2.72. The maximum atomic E-state index is 12.2. The SMILES string of the molecule is COCCNc1nc(N)c(C(=O)NC(C)(C)CC(N)=O)s1. The summed E-state index contributed by atoms with van der Waals surface area (Å²) in [5, 5.41) is 6.27. The van der Waals surface area contributed by atoms with Crippen LogP contribution >= 0.6 is 11.3 Å². The molecule has 0 saturated heterocycles. The summed E-state index contributed by atoms with van der Waals surface area (Å²) in [7, 11) is 1.59. The number of carbonyl (C=O) groups is 2. The second-order valence-corrected chi connectivity index (χ2v) is 6.13. The number of nitrogen functional groups attached to an aromatic ring is 1. The molecule has 1 aromatic heterocycles. The van der Waals surface area contributed by atoms with Crippen molar-refractivity contribution in [2.75, 3.05) is 31.3 Å². The van der Waals surface area contributed by atoms with Crippen LogP contribution in [-0.2, 0) is 9.53 Å². The predicted octanol–water partition coefficient (Wildman–Crippen LogP) is 0.167. The lowest BCUT2D eigenvalue weighted by atomic mass is 10.0. The fraction of sp³-hybridized carbons (Fsp3) is 0.583. The van der Waals surface area contributed by atoms with E-state index in [1.807, 2.05) is 0 Å². The molecule has 1 heterocycles. The van der Waals surface area contributed by atoms with Crippen LogP contribution in [0.25, 0.3) is 0 Å². The van der Waals surface area contributed by atoms with Crippen molar-refractivity contribution in [1.82, 2.24) is 10.3 Å². The average molecular weight is 315 g/mol. The van der Waals surface area contributed by atoms with Gasteiger partial charge >= 0.3 is 0 Å². The van der Waals surface area contributed by atoms with Gasteiger partial charge in [-0.1, -0.05) is 11.3 Å². The smallest absolute Gasteiger partial charge is 0.265 e. The summed E-state index contributed by atoms with van der Waals surface area (Å²) in [5.41, 5.74) is 10.1. The summed E-state index contributed by atoms with van der Waals surface area (Å²) in [6.07, 6.45) is 0.0381. The van der Waals surface area contributed by atoms with Crippen molar-refractivity contribution in [2.24, 2.45) is 5.73 Å². The minimum Gasteiger partial charge on any atom is -0.383 e. The summed E-state index contributed by atoms with van der Waals surface area (Å²) in [5.74, 6) is -0.720. The van der Waals surface area contributed by atoms with Gasteiger partial charge in [-0.25, -0.2) is 4.98 Å². The minimum absolute atomic E-state index is 0.0381. The molecule has 0 bridgehead atoms. The van der Waals surface area contributed by atoms with Crippen LogP contribution in [0.1, 0.15) is 29.9 Å². The highest BCUT2D eigenvalue weighted by Crippen LogP contribution is 2.25. The second kappa shape index (κ2) is 7.23. The number of ether oxygens (including phenoxy) is 1. The molecule has 1 rings (SSSR count). The normalized spacial score (nSPS) is 11.2. The molecule has 21 heavy (non-hydrogen) atoms. The first-order valence-corrected chi connectivity index (χ1v) is 7.17. The molecule has 0 aromatic carbocycles. The van der Waals surface area contributed by atoms with Gasteiger partial charge in [0.25, 0.3) is 5.91 Å². The van der Waals surface area contributed by atoms with E-state index >= 15 is 0 Å². The first kappa shape index (κ1) is 17.2. The van der Waals surface area contributed by atoms with E-state index in [1.165, 1.54) is 0 Å². The van der Waals surface area contributed by atoms with E-state index in [-0.39, 0.29) is 18.1 Å². The molecule has 8 nitrogen and oxygen atoms in total. The molecule has 0 unspecified atom stereocenters. The third-order valence-corrected chi connectivity index (χ3v) is 3.54. The molecule has 0 radical (unpaired) electrons.